The molecule has 1 N–H and O–H groups in total. The zero-order valence-electron chi connectivity index (χ0n) is 16.9. The number of hydrogen-bond acceptors (Lipinski definition) is 5. The first kappa shape index (κ1) is 20.4. The number of anilines is 1. The summed E-state index contributed by atoms with van der Waals surface area (Å²) in [5.41, 5.74) is 2.98. The Kier molecular flexibility index (Phi) is 5.04. The summed E-state index contributed by atoms with van der Waals surface area (Å²) in [6.07, 6.45) is 0. The minimum atomic E-state index is -0.798. The number of rotatable bonds is 3. The predicted molar refractivity (Wildman–Crippen MR) is 127 cm³/mol. The van der Waals surface area contributed by atoms with Gasteiger partial charge in [-0.3, -0.25) is 14.5 Å². The maximum absolute atomic E-state index is 13.2. The van der Waals surface area contributed by atoms with Crippen LogP contribution < -0.4 is 4.90 Å². The average molecular weight is 461 g/mol. The lowest BCUT2D eigenvalue weighted by atomic mass is 9.95. The number of carbonyl (C=O) groups is 2. The van der Waals surface area contributed by atoms with E-state index in [9.17, 15) is 14.7 Å². The van der Waals surface area contributed by atoms with E-state index in [1.807, 2.05) is 55.5 Å². The van der Waals surface area contributed by atoms with Gasteiger partial charge in [0.25, 0.3) is 5.78 Å². The summed E-state index contributed by atoms with van der Waals surface area (Å²) in [4.78, 5) is 32.4. The summed E-state index contributed by atoms with van der Waals surface area (Å²) in [6.45, 7) is 1.99. The number of aliphatic hydroxyl groups is 1. The van der Waals surface area contributed by atoms with Crippen molar-refractivity contribution in [2.45, 2.75) is 13.0 Å². The molecule has 5 rings (SSSR count). The van der Waals surface area contributed by atoms with E-state index in [0.717, 1.165) is 15.8 Å². The summed E-state index contributed by atoms with van der Waals surface area (Å²) in [6, 6.07) is 20.7. The maximum Gasteiger partial charge on any atom is 0.301 e. The molecule has 0 radical (unpaired) electrons. The van der Waals surface area contributed by atoms with Crippen molar-refractivity contribution in [2.24, 2.45) is 0 Å². The minimum absolute atomic E-state index is 0.0268. The number of Topliss-reactive ketones (excluding diaryl/α,β-unsaturated/α-hetero) is 1. The normalized spacial score (nSPS) is 17.9. The van der Waals surface area contributed by atoms with E-state index in [0.29, 0.717) is 21.3 Å². The van der Waals surface area contributed by atoms with Crippen molar-refractivity contribution in [3.8, 4) is 0 Å². The van der Waals surface area contributed by atoms with E-state index in [1.165, 1.54) is 16.2 Å². The predicted octanol–water partition coefficient (Wildman–Crippen LogP) is 5.88. The van der Waals surface area contributed by atoms with Gasteiger partial charge in [-0.1, -0.05) is 59.3 Å². The van der Waals surface area contributed by atoms with Crippen LogP contribution >= 0.6 is 22.9 Å². The van der Waals surface area contributed by atoms with Gasteiger partial charge in [-0.05, 0) is 54.4 Å². The second kappa shape index (κ2) is 7.89. The molecule has 1 aliphatic rings. The Bertz CT molecular complexity index is 1390. The van der Waals surface area contributed by atoms with Gasteiger partial charge in [-0.15, -0.1) is 0 Å². The number of amides is 1. The third kappa shape index (κ3) is 3.38. The van der Waals surface area contributed by atoms with Gasteiger partial charge in [0.15, 0.2) is 5.13 Å². The molecule has 2 heterocycles. The molecule has 5 nitrogen and oxygen atoms in total. The molecule has 32 heavy (non-hydrogen) atoms. The molecule has 1 fully saturated rings. The van der Waals surface area contributed by atoms with Gasteiger partial charge < -0.3 is 5.11 Å². The van der Waals surface area contributed by atoms with Crippen molar-refractivity contribution in [3.63, 3.8) is 0 Å². The zero-order chi connectivity index (χ0) is 22.4. The molecule has 1 amide bonds. The third-order valence-corrected chi connectivity index (χ3v) is 6.69. The van der Waals surface area contributed by atoms with Gasteiger partial charge in [0.2, 0.25) is 0 Å². The molecule has 158 valence electrons. The SMILES string of the molecule is Cc1ccc2nc(N3C(=O)C(=O)/C(=C(/O)c4ccc(Cl)cc4)[C@H]3c3ccccc3)sc2c1. The van der Waals surface area contributed by atoms with E-state index in [1.54, 1.807) is 24.3 Å². The lowest BCUT2D eigenvalue weighted by molar-refractivity contribution is -0.132. The van der Waals surface area contributed by atoms with Gasteiger partial charge in [-0.2, -0.15) is 0 Å². The Morgan fingerprint density at radius 2 is 1.75 bits per heavy atom. The second-order valence-corrected chi connectivity index (χ2v) is 9.00. The van der Waals surface area contributed by atoms with Crippen molar-refractivity contribution < 1.29 is 14.7 Å². The quantitative estimate of drug-likeness (QED) is 0.235. The number of halogens is 1. The van der Waals surface area contributed by atoms with Crippen molar-refractivity contribution >= 4 is 55.7 Å². The van der Waals surface area contributed by atoms with Crippen molar-refractivity contribution in [1.82, 2.24) is 4.98 Å². The molecule has 3 aromatic carbocycles. The van der Waals surface area contributed by atoms with Crippen LogP contribution in [-0.4, -0.2) is 21.8 Å². The number of aliphatic hydroxyl groups excluding tert-OH is 1. The Morgan fingerprint density at radius 3 is 2.47 bits per heavy atom. The second-order valence-electron chi connectivity index (χ2n) is 7.55. The first-order valence-corrected chi connectivity index (χ1v) is 11.1. The van der Waals surface area contributed by atoms with E-state index in [2.05, 4.69) is 4.98 Å². The van der Waals surface area contributed by atoms with Gasteiger partial charge >= 0.3 is 5.91 Å². The lowest BCUT2D eigenvalue weighted by Gasteiger charge is -2.22. The van der Waals surface area contributed by atoms with Crippen LogP contribution in [0.3, 0.4) is 0 Å². The molecule has 0 spiro atoms. The van der Waals surface area contributed by atoms with E-state index < -0.39 is 17.7 Å². The fourth-order valence-corrected chi connectivity index (χ4v) is 5.08. The fraction of sp³-hybridized carbons (Fsp3) is 0.0800. The molecule has 0 saturated carbocycles. The molecular weight excluding hydrogens is 444 g/mol. The average Bonchev–Trinajstić information content (AvgIpc) is 3.32. The zero-order valence-corrected chi connectivity index (χ0v) is 18.5. The lowest BCUT2D eigenvalue weighted by Crippen LogP contribution is -2.29. The number of aromatic nitrogens is 1. The third-order valence-electron chi connectivity index (χ3n) is 5.42. The highest BCUT2D eigenvalue weighted by Crippen LogP contribution is 2.44. The van der Waals surface area contributed by atoms with Gasteiger partial charge in [0.05, 0.1) is 21.8 Å². The molecular formula is C25H17ClN2O3S. The minimum Gasteiger partial charge on any atom is -0.507 e. The topological polar surface area (TPSA) is 70.5 Å². The highest BCUT2D eigenvalue weighted by atomic mass is 35.5. The van der Waals surface area contributed by atoms with E-state index in [4.69, 9.17) is 11.6 Å². The number of fused-ring (bicyclic) bond motifs is 1. The molecule has 0 aliphatic carbocycles. The number of nitrogens with zero attached hydrogens (tertiary/aromatic N) is 2. The summed E-state index contributed by atoms with van der Waals surface area (Å²) < 4.78 is 0.923. The van der Waals surface area contributed by atoms with Gasteiger partial charge in [-0.25, -0.2) is 4.98 Å². The Labute approximate surface area is 193 Å². The Hall–Kier alpha value is -3.48. The Morgan fingerprint density at radius 1 is 1.03 bits per heavy atom. The largest absolute Gasteiger partial charge is 0.507 e. The highest BCUT2D eigenvalue weighted by molar-refractivity contribution is 7.22. The van der Waals surface area contributed by atoms with Crippen LogP contribution in [0.15, 0.2) is 78.4 Å². The van der Waals surface area contributed by atoms with Gasteiger partial charge in [0, 0.05) is 10.6 Å². The van der Waals surface area contributed by atoms with Crippen molar-refractivity contribution in [2.75, 3.05) is 4.90 Å². The van der Waals surface area contributed by atoms with Crippen molar-refractivity contribution in [1.29, 1.82) is 0 Å². The first-order chi connectivity index (χ1) is 15.4. The molecule has 0 unspecified atom stereocenters. The molecule has 1 aromatic heterocycles. The van der Waals surface area contributed by atoms with Crippen LogP contribution in [0.2, 0.25) is 5.02 Å². The number of benzene rings is 3. The van der Waals surface area contributed by atoms with Crippen molar-refractivity contribution in [3.05, 3.63) is 100 Å². The number of ketones is 1. The van der Waals surface area contributed by atoms with Crippen LogP contribution in [-0.2, 0) is 9.59 Å². The fourth-order valence-electron chi connectivity index (χ4n) is 3.87. The molecule has 4 aromatic rings. The van der Waals surface area contributed by atoms with Crippen LogP contribution in [0.25, 0.3) is 16.0 Å². The summed E-state index contributed by atoms with van der Waals surface area (Å²) >= 11 is 7.32. The molecule has 7 heteroatoms. The summed E-state index contributed by atoms with van der Waals surface area (Å²) in [5.74, 6) is -1.71. The number of carbonyl (C=O) groups excluding carboxylic acids is 2. The number of hydrogen-bond donors (Lipinski definition) is 1. The molecule has 0 bridgehead atoms. The van der Waals surface area contributed by atoms with Gasteiger partial charge in [0.1, 0.15) is 5.76 Å². The Balaban J connectivity index is 1.72. The molecule has 1 saturated heterocycles. The van der Waals surface area contributed by atoms with Crippen LogP contribution in [0, 0.1) is 6.92 Å². The first-order valence-electron chi connectivity index (χ1n) is 9.93. The standard InChI is InChI=1S/C25H17ClN2O3S/c1-14-7-12-18-19(13-14)32-25(27-18)28-21(15-5-3-2-4-6-15)20(23(30)24(28)31)22(29)16-8-10-17(26)11-9-16/h2-13,21,29H,1H3/b22-20+/t21-/m1/s1. The monoisotopic (exact) mass is 460 g/mol. The van der Waals surface area contributed by atoms with Crippen LogP contribution in [0.1, 0.15) is 22.7 Å². The summed E-state index contributed by atoms with van der Waals surface area (Å²) in [5, 5.41) is 12.0. The van der Waals surface area contributed by atoms with Crippen LogP contribution in [0.5, 0.6) is 0 Å². The molecule has 1 atom stereocenters. The van der Waals surface area contributed by atoms with Crippen LogP contribution in [0.4, 0.5) is 5.13 Å². The molecule has 1 aliphatic heterocycles. The smallest absolute Gasteiger partial charge is 0.301 e. The van der Waals surface area contributed by atoms with E-state index >= 15 is 0 Å². The maximum atomic E-state index is 13.2. The number of thiazole rings is 1. The van der Waals surface area contributed by atoms with E-state index in [-0.39, 0.29) is 11.3 Å². The summed E-state index contributed by atoms with van der Waals surface area (Å²) in [7, 11) is 0. The highest BCUT2D eigenvalue weighted by Gasteiger charge is 2.48. The number of aryl methyl sites for hydroxylation is 1.